The molecule has 2 saturated heterocycles. The van der Waals surface area contributed by atoms with Crippen LogP contribution in [-0.2, 0) is 10.0 Å². The molecule has 4 saturated carbocycles. The average Bonchev–Trinajstić information content (AvgIpc) is 3.73. The first-order valence-electron chi connectivity index (χ1n) is 20.9. The van der Waals surface area contributed by atoms with Gasteiger partial charge in [-0.15, -0.1) is 0 Å². The molecule has 2 N–H and O–H groups in total. The molecule has 11 atom stereocenters. The molecule has 8 heteroatoms. The maximum Gasteiger partial charge on any atom is 0.335 e. The third-order valence-electron chi connectivity index (χ3n) is 18.1. The van der Waals surface area contributed by atoms with E-state index in [0.717, 1.165) is 32.5 Å². The molecule has 2 aliphatic heterocycles. The van der Waals surface area contributed by atoms with Gasteiger partial charge in [-0.1, -0.05) is 65.0 Å². The molecule has 0 unspecified atom stereocenters. The third kappa shape index (κ3) is 5.40. The van der Waals surface area contributed by atoms with Crippen LogP contribution in [0.4, 0.5) is 0 Å². The summed E-state index contributed by atoms with van der Waals surface area (Å²) in [5.74, 6) is 2.24. The lowest BCUT2D eigenvalue weighted by Crippen LogP contribution is -2.68. The van der Waals surface area contributed by atoms with Crippen LogP contribution in [0.2, 0.25) is 0 Å². The number of aromatic carboxylic acids is 1. The number of benzene rings is 1. The fourth-order valence-corrected chi connectivity index (χ4v) is 17.0. The molecular weight excluding hydrogens is 679 g/mol. The minimum absolute atomic E-state index is 0.00824. The maximum absolute atomic E-state index is 12.5. The largest absolute Gasteiger partial charge is 0.478 e. The molecule has 5 aliphatic carbocycles. The van der Waals surface area contributed by atoms with Gasteiger partial charge in [0, 0.05) is 43.3 Å². The van der Waals surface area contributed by atoms with Gasteiger partial charge in [0.2, 0.25) is 10.0 Å². The first-order chi connectivity index (χ1) is 24.7. The van der Waals surface area contributed by atoms with E-state index in [1.54, 1.807) is 16.4 Å². The Morgan fingerprint density at radius 2 is 1.66 bits per heavy atom. The molecule has 0 radical (unpaired) electrons. The summed E-state index contributed by atoms with van der Waals surface area (Å²) in [7, 11) is -3.18. The zero-order valence-corrected chi connectivity index (χ0v) is 34.7. The minimum atomic E-state index is -3.18. The molecule has 0 amide bonds. The molecule has 292 valence electrons. The number of hydrogen-bond donors (Lipinski definition) is 2. The fraction of sp³-hybridized carbons (Fsp3) is 0.756. The Bertz CT molecular complexity index is 1820. The van der Waals surface area contributed by atoms with Crippen LogP contribution in [0.25, 0.3) is 5.57 Å². The highest BCUT2D eigenvalue weighted by molar-refractivity contribution is 7.88. The summed E-state index contributed by atoms with van der Waals surface area (Å²) in [5.41, 5.74) is 4.96. The number of hydrogen-bond acceptors (Lipinski definition) is 5. The summed E-state index contributed by atoms with van der Waals surface area (Å²) in [6.07, 6.45) is 16.1. The van der Waals surface area contributed by atoms with Crippen molar-refractivity contribution in [1.82, 2.24) is 14.5 Å². The lowest BCUT2D eigenvalue weighted by molar-refractivity contribution is -0.219. The van der Waals surface area contributed by atoms with E-state index in [2.05, 4.69) is 71.3 Å². The van der Waals surface area contributed by atoms with E-state index in [-0.39, 0.29) is 32.7 Å². The molecule has 7 nitrogen and oxygen atoms in total. The zero-order chi connectivity index (χ0) is 38.1. The van der Waals surface area contributed by atoms with Crippen LogP contribution in [0.5, 0.6) is 0 Å². The Morgan fingerprint density at radius 1 is 0.943 bits per heavy atom. The highest BCUT2D eigenvalue weighted by atomic mass is 32.2. The molecule has 0 spiro atoms. The lowest BCUT2D eigenvalue weighted by atomic mass is 9.33. The number of nitrogens with zero attached hydrogens (tertiary/aromatic N) is 2. The van der Waals surface area contributed by atoms with Crippen molar-refractivity contribution in [2.45, 2.75) is 130 Å². The van der Waals surface area contributed by atoms with Crippen LogP contribution in [-0.4, -0.2) is 78.3 Å². The number of nitrogens with one attached hydrogen (secondary N) is 1. The normalized spacial score (nSPS) is 44.8. The fourth-order valence-electron chi connectivity index (χ4n) is 15.6. The molecule has 8 rings (SSSR count). The Labute approximate surface area is 320 Å². The summed E-state index contributed by atoms with van der Waals surface area (Å²) < 4.78 is 26.8. The monoisotopic (exact) mass is 745 g/mol. The number of fused-ring (bicyclic) bond motifs is 9. The van der Waals surface area contributed by atoms with Crippen LogP contribution in [0, 0.1) is 51.2 Å². The Morgan fingerprint density at radius 3 is 2.28 bits per heavy atom. The van der Waals surface area contributed by atoms with Gasteiger partial charge < -0.3 is 10.4 Å². The summed E-state index contributed by atoms with van der Waals surface area (Å²) in [6.45, 7) is 25.5. The number of piperazine rings is 1. The van der Waals surface area contributed by atoms with Gasteiger partial charge in [0.1, 0.15) is 0 Å². The van der Waals surface area contributed by atoms with E-state index in [9.17, 15) is 18.3 Å². The summed E-state index contributed by atoms with van der Waals surface area (Å²) in [4.78, 5) is 14.2. The number of carbonyl (C=O) groups is 1. The highest BCUT2D eigenvalue weighted by Crippen LogP contribution is 2.76. The summed E-state index contributed by atoms with van der Waals surface area (Å²) >= 11 is 0. The van der Waals surface area contributed by atoms with Gasteiger partial charge in [0.15, 0.2) is 0 Å². The van der Waals surface area contributed by atoms with Crippen molar-refractivity contribution >= 4 is 21.6 Å². The van der Waals surface area contributed by atoms with E-state index >= 15 is 0 Å². The number of sulfonamides is 1. The number of carboxylic acids is 1. The molecule has 7 aliphatic rings. The molecule has 6 fully saturated rings. The van der Waals surface area contributed by atoms with Gasteiger partial charge in [0.05, 0.1) is 11.8 Å². The summed E-state index contributed by atoms with van der Waals surface area (Å²) in [6, 6.07) is 7.93. The van der Waals surface area contributed by atoms with Crippen LogP contribution >= 0.6 is 0 Å². The second-order valence-electron chi connectivity index (χ2n) is 20.8. The van der Waals surface area contributed by atoms with Gasteiger partial charge in [-0.3, -0.25) is 4.90 Å². The molecule has 0 aromatic heterocycles. The van der Waals surface area contributed by atoms with E-state index < -0.39 is 16.0 Å². The van der Waals surface area contributed by atoms with Gasteiger partial charge in [-0.2, -0.15) is 4.31 Å². The van der Waals surface area contributed by atoms with Crippen LogP contribution < -0.4 is 5.32 Å². The number of allylic oxidation sites excluding steroid dienone is 3. The number of likely N-dealkylation sites (tertiary alicyclic amines) is 1. The molecular formula is C45H67N3O4S. The van der Waals surface area contributed by atoms with Gasteiger partial charge in [0.25, 0.3) is 0 Å². The molecule has 1 aromatic carbocycles. The molecule has 2 bridgehead atoms. The van der Waals surface area contributed by atoms with Crippen molar-refractivity contribution in [3.63, 3.8) is 0 Å². The van der Waals surface area contributed by atoms with Crippen LogP contribution in [0.3, 0.4) is 0 Å². The van der Waals surface area contributed by atoms with Crippen LogP contribution in [0.1, 0.15) is 129 Å². The highest BCUT2D eigenvalue weighted by Gasteiger charge is 2.70. The second-order valence-corrected chi connectivity index (χ2v) is 22.7. The van der Waals surface area contributed by atoms with Crippen molar-refractivity contribution in [3.8, 4) is 0 Å². The Hall–Kier alpha value is -2.00. The zero-order valence-electron chi connectivity index (χ0n) is 33.9. The Kier molecular flexibility index (Phi) is 8.76. The first kappa shape index (κ1) is 37.9. The lowest BCUT2D eigenvalue weighted by Gasteiger charge is -2.72. The SMILES string of the molecule is C=C(C)[C@@H]1CC[C@]2(NCCN3C[C@]4(C)C[C@H]3CN4S(C)(=O)=O)CC[C@]3(C)[C@H](CC[C@@H]4[C@@]5(C)CC=C(c6ccc(C(=O)O)cc6)C(C)(C)[C@@H]5CC[C@]43C)[C@@H]12. The van der Waals surface area contributed by atoms with Crippen molar-refractivity contribution in [1.29, 1.82) is 0 Å². The molecule has 2 heterocycles. The quantitative estimate of drug-likeness (QED) is 0.260. The topological polar surface area (TPSA) is 90.0 Å². The average molecular weight is 746 g/mol. The van der Waals surface area contributed by atoms with Crippen molar-refractivity contribution in [2.24, 2.45) is 51.2 Å². The molecule has 1 aromatic rings. The first-order valence-corrected chi connectivity index (χ1v) is 22.7. The molecule has 53 heavy (non-hydrogen) atoms. The number of rotatable bonds is 8. The smallest absolute Gasteiger partial charge is 0.335 e. The standard InChI is InChI=1S/C45H67N3O4S/c1-29(2)33-16-21-45(46-24-25-47-28-41(5)26-32(47)27-48(41)53(9,51)52)23-22-43(7)35(38(33)45)14-15-37-42(6)19-17-34(30-10-12-31(13-11-30)39(49)50)40(3,4)36(42)18-20-44(37,43)8/h10-13,17,32-33,35-38,46H,1,14-16,18-28H2,2-9H3,(H,49,50)/t32-,33-,35+,36-,37+,38+,41-,42-,43+,44+,45-/m0/s1. The van der Waals surface area contributed by atoms with Crippen molar-refractivity contribution < 1.29 is 18.3 Å². The van der Waals surface area contributed by atoms with Gasteiger partial charge >= 0.3 is 5.97 Å². The Balaban J connectivity index is 1.03. The maximum atomic E-state index is 12.5. The van der Waals surface area contributed by atoms with Crippen LogP contribution in [0.15, 0.2) is 42.5 Å². The van der Waals surface area contributed by atoms with E-state index in [0.29, 0.717) is 47.7 Å². The van der Waals surface area contributed by atoms with Crippen molar-refractivity contribution in [3.05, 3.63) is 53.6 Å². The predicted molar refractivity (Wildman–Crippen MR) is 214 cm³/mol. The van der Waals surface area contributed by atoms with Gasteiger partial charge in [-0.05, 0) is 153 Å². The van der Waals surface area contributed by atoms with Crippen molar-refractivity contribution in [2.75, 3.05) is 32.4 Å². The summed E-state index contributed by atoms with van der Waals surface area (Å²) in [5, 5.41) is 13.8. The third-order valence-corrected chi connectivity index (χ3v) is 19.5. The van der Waals surface area contributed by atoms with E-state index in [4.69, 9.17) is 0 Å². The number of carboxylic acid groups (broad SMARTS) is 1. The second kappa shape index (κ2) is 12.2. The predicted octanol–water partition coefficient (Wildman–Crippen LogP) is 8.49. The van der Waals surface area contributed by atoms with E-state index in [1.807, 2.05) is 12.1 Å². The van der Waals surface area contributed by atoms with E-state index in [1.165, 1.54) is 74.3 Å². The minimum Gasteiger partial charge on any atom is -0.478 e. The van der Waals surface area contributed by atoms with Gasteiger partial charge in [-0.25, -0.2) is 13.2 Å².